The second kappa shape index (κ2) is 10.1. The van der Waals surface area contributed by atoms with Gasteiger partial charge in [-0.1, -0.05) is 35.0 Å². The summed E-state index contributed by atoms with van der Waals surface area (Å²) < 4.78 is 7.22. The molecular formula is C28H24ClN5O4. The molecule has 0 spiro atoms. The average Bonchev–Trinajstić information content (AvgIpc) is 3.30. The predicted molar refractivity (Wildman–Crippen MR) is 140 cm³/mol. The molecule has 1 aliphatic heterocycles. The Morgan fingerprint density at radius 2 is 2.05 bits per heavy atom. The van der Waals surface area contributed by atoms with E-state index in [0.29, 0.717) is 41.9 Å². The first-order valence-corrected chi connectivity index (χ1v) is 12.4. The molecule has 10 heteroatoms. The molecular weight excluding hydrogens is 506 g/mol. The van der Waals surface area contributed by atoms with Crippen molar-refractivity contribution in [1.29, 1.82) is 5.26 Å². The van der Waals surface area contributed by atoms with Crippen LogP contribution in [0.15, 0.2) is 48.5 Å². The molecule has 0 radical (unpaired) electrons. The molecule has 1 aliphatic rings. The molecule has 0 aliphatic carbocycles. The number of amides is 1. The van der Waals surface area contributed by atoms with Gasteiger partial charge in [-0.25, -0.2) is 4.68 Å². The molecule has 1 amide bonds. The van der Waals surface area contributed by atoms with Crippen LogP contribution in [-0.4, -0.2) is 50.5 Å². The van der Waals surface area contributed by atoms with Gasteiger partial charge in [-0.2, -0.15) is 5.26 Å². The van der Waals surface area contributed by atoms with Crippen molar-refractivity contribution in [2.75, 3.05) is 13.7 Å². The number of benzene rings is 3. The molecule has 38 heavy (non-hydrogen) atoms. The highest BCUT2D eigenvalue weighted by molar-refractivity contribution is 6.34. The first-order chi connectivity index (χ1) is 18.3. The molecule has 0 saturated heterocycles. The van der Waals surface area contributed by atoms with Crippen LogP contribution in [0.5, 0.6) is 5.75 Å². The highest BCUT2D eigenvalue weighted by atomic mass is 35.5. The Bertz CT molecular complexity index is 1620. The molecule has 0 saturated carbocycles. The summed E-state index contributed by atoms with van der Waals surface area (Å²) in [5.74, 6) is -1.01. The second-order valence-corrected chi connectivity index (χ2v) is 9.63. The number of nitriles is 1. The predicted octanol–water partition coefficient (Wildman–Crippen LogP) is 4.31. The fourth-order valence-corrected chi connectivity index (χ4v) is 5.44. The van der Waals surface area contributed by atoms with E-state index in [0.717, 1.165) is 27.8 Å². The minimum absolute atomic E-state index is 0.116. The van der Waals surface area contributed by atoms with Gasteiger partial charge in [0, 0.05) is 26.1 Å². The van der Waals surface area contributed by atoms with Crippen molar-refractivity contribution in [1.82, 2.24) is 19.9 Å². The summed E-state index contributed by atoms with van der Waals surface area (Å²) in [6.45, 7) is 0.816. The molecule has 9 nitrogen and oxygen atoms in total. The number of aromatic nitrogens is 3. The van der Waals surface area contributed by atoms with E-state index in [1.807, 2.05) is 36.4 Å². The van der Waals surface area contributed by atoms with Crippen molar-refractivity contribution < 1.29 is 19.4 Å². The molecule has 0 bridgehead atoms. The Balaban J connectivity index is 1.51. The van der Waals surface area contributed by atoms with E-state index in [4.69, 9.17) is 21.6 Å². The Morgan fingerprint density at radius 3 is 2.76 bits per heavy atom. The van der Waals surface area contributed by atoms with Gasteiger partial charge in [0.1, 0.15) is 16.8 Å². The van der Waals surface area contributed by atoms with Gasteiger partial charge in [0.05, 0.1) is 35.7 Å². The number of fused-ring (bicyclic) bond motifs is 2. The number of halogens is 1. The summed E-state index contributed by atoms with van der Waals surface area (Å²) in [7, 11) is 3.34. The maximum atomic E-state index is 13.3. The molecule has 2 heterocycles. The third-order valence-electron chi connectivity index (χ3n) is 6.98. The number of carbonyl (C=O) groups is 2. The minimum atomic E-state index is -0.922. The van der Waals surface area contributed by atoms with E-state index in [2.05, 4.69) is 10.3 Å². The molecule has 5 rings (SSSR count). The van der Waals surface area contributed by atoms with Crippen LogP contribution in [0.3, 0.4) is 0 Å². The Kier molecular flexibility index (Phi) is 6.74. The van der Waals surface area contributed by atoms with Gasteiger partial charge < -0.3 is 14.7 Å². The topological polar surface area (TPSA) is 121 Å². The maximum absolute atomic E-state index is 13.3. The number of carbonyl (C=O) groups excluding carboxylic acids is 1. The van der Waals surface area contributed by atoms with Gasteiger partial charge in [0.15, 0.2) is 0 Å². The summed E-state index contributed by atoms with van der Waals surface area (Å²) in [6, 6.07) is 16.2. The number of methoxy groups -OCH3 is 1. The third kappa shape index (κ3) is 4.55. The number of nitrogens with zero attached hydrogens (tertiary/aromatic N) is 5. The number of aryl methyl sites for hydroxylation is 1. The zero-order chi connectivity index (χ0) is 27.0. The smallest absolute Gasteiger partial charge is 0.304 e. The minimum Gasteiger partial charge on any atom is -0.494 e. The normalized spacial score (nSPS) is 13.6. The van der Waals surface area contributed by atoms with Crippen molar-refractivity contribution in [3.63, 3.8) is 0 Å². The first kappa shape index (κ1) is 25.2. The number of hydrogen-bond acceptors (Lipinski definition) is 6. The zero-order valence-electron chi connectivity index (χ0n) is 20.8. The molecule has 3 aromatic carbocycles. The molecule has 192 valence electrons. The Hall–Kier alpha value is -4.42. The van der Waals surface area contributed by atoms with E-state index in [-0.39, 0.29) is 17.4 Å². The van der Waals surface area contributed by atoms with Crippen molar-refractivity contribution in [3.8, 4) is 11.8 Å². The van der Waals surface area contributed by atoms with Crippen molar-refractivity contribution in [2.45, 2.75) is 25.3 Å². The Morgan fingerprint density at radius 1 is 1.24 bits per heavy atom. The van der Waals surface area contributed by atoms with Crippen LogP contribution in [0.25, 0.3) is 11.0 Å². The van der Waals surface area contributed by atoms with Gasteiger partial charge in [-0.3, -0.25) is 9.59 Å². The molecule has 4 aromatic rings. The molecule has 1 N–H and O–H groups in total. The summed E-state index contributed by atoms with van der Waals surface area (Å²) in [5, 5.41) is 27.4. The fourth-order valence-electron chi connectivity index (χ4n) is 5.18. The standard InChI is InChI=1S/C28H24ClN5O4/c1-33-27-24(31-32-33)11-18(12-25(27)38-2)22(13-26(35)36)20-5-3-4-17-15-34(9-8-19(17)20)28(37)21-7-6-16(14-30)10-23(21)29/h3-7,10-12,22H,8-9,13,15H2,1-2H3,(H,35,36). The van der Waals surface area contributed by atoms with Crippen LogP contribution in [-0.2, 0) is 24.8 Å². The van der Waals surface area contributed by atoms with E-state index in [1.54, 1.807) is 35.9 Å². The average molecular weight is 530 g/mol. The first-order valence-electron chi connectivity index (χ1n) is 12.0. The van der Waals surface area contributed by atoms with Crippen LogP contribution in [0.2, 0.25) is 5.02 Å². The fraction of sp³-hybridized carbons (Fsp3) is 0.250. The molecule has 1 atom stereocenters. The van der Waals surface area contributed by atoms with Gasteiger partial charge >= 0.3 is 5.97 Å². The van der Waals surface area contributed by atoms with E-state index < -0.39 is 11.9 Å². The number of carboxylic acid groups (broad SMARTS) is 1. The van der Waals surface area contributed by atoms with Crippen LogP contribution in [0, 0.1) is 11.3 Å². The summed E-state index contributed by atoms with van der Waals surface area (Å²) in [4.78, 5) is 27.0. The monoisotopic (exact) mass is 529 g/mol. The second-order valence-electron chi connectivity index (χ2n) is 9.22. The van der Waals surface area contributed by atoms with Crippen LogP contribution in [0.1, 0.15) is 50.5 Å². The zero-order valence-corrected chi connectivity index (χ0v) is 21.6. The van der Waals surface area contributed by atoms with E-state index in [9.17, 15) is 14.7 Å². The quantitative estimate of drug-likeness (QED) is 0.395. The summed E-state index contributed by atoms with van der Waals surface area (Å²) in [6.07, 6.45) is 0.445. The van der Waals surface area contributed by atoms with Gasteiger partial charge in [0.2, 0.25) is 0 Å². The van der Waals surface area contributed by atoms with Gasteiger partial charge in [-0.15, -0.1) is 5.10 Å². The molecule has 1 aromatic heterocycles. The van der Waals surface area contributed by atoms with Crippen molar-refractivity contribution >= 4 is 34.5 Å². The largest absolute Gasteiger partial charge is 0.494 e. The number of aliphatic carboxylic acids is 1. The lowest BCUT2D eigenvalue weighted by molar-refractivity contribution is -0.137. The van der Waals surface area contributed by atoms with Crippen LogP contribution < -0.4 is 4.74 Å². The molecule has 1 unspecified atom stereocenters. The van der Waals surface area contributed by atoms with Crippen molar-refractivity contribution in [2.24, 2.45) is 7.05 Å². The third-order valence-corrected chi connectivity index (χ3v) is 7.29. The van der Waals surface area contributed by atoms with Gasteiger partial charge in [0.25, 0.3) is 5.91 Å². The summed E-state index contributed by atoms with van der Waals surface area (Å²) >= 11 is 6.30. The Labute approximate surface area is 223 Å². The highest BCUT2D eigenvalue weighted by Crippen LogP contribution is 2.38. The number of rotatable bonds is 6. The van der Waals surface area contributed by atoms with E-state index in [1.165, 1.54) is 6.07 Å². The van der Waals surface area contributed by atoms with Gasteiger partial charge in [-0.05, 0) is 59.0 Å². The SMILES string of the molecule is COc1cc(C(CC(=O)O)c2cccc3c2CCN(C(=O)c2ccc(C#N)cc2Cl)C3)cc2nnn(C)c12. The molecule has 0 fully saturated rings. The lowest BCUT2D eigenvalue weighted by atomic mass is 9.82. The number of ether oxygens (including phenoxy) is 1. The highest BCUT2D eigenvalue weighted by Gasteiger charge is 2.29. The van der Waals surface area contributed by atoms with Crippen LogP contribution >= 0.6 is 11.6 Å². The lowest BCUT2D eigenvalue weighted by Gasteiger charge is -2.32. The van der Waals surface area contributed by atoms with Crippen LogP contribution in [0.4, 0.5) is 0 Å². The number of hydrogen-bond donors (Lipinski definition) is 1. The summed E-state index contributed by atoms with van der Waals surface area (Å²) in [5.41, 5.74) is 5.75. The lowest BCUT2D eigenvalue weighted by Crippen LogP contribution is -2.36. The van der Waals surface area contributed by atoms with Crippen molar-refractivity contribution in [3.05, 3.63) is 86.9 Å². The maximum Gasteiger partial charge on any atom is 0.304 e. The van der Waals surface area contributed by atoms with E-state index >= 15 is 0 Å². The number of carboxylic acids is 1.